The number of pyridine rings is 1. The summed E-state index contributed by atoms with van der Waals surface area (Å²) in [4.78, 5) is 26.8. The van der Waals surface area contributed by atoms with Crippen LogP contribution in [-0.4, -0.2) is 33.7 Å². The van der Waals surface area contributed by atoms with Crippen molar-refractivity contribution in [3.8, 4) is 0 Å². The highest BCUT2D eigenvalue weighted by Crippen LogP contribution is 2.39. The van der Waals surface area contributed by atoms with Gasteiger partial charge in [-0.15, -0.1) is 0 Å². The summed E-state index contributed by atoms with van der Waals surface area (Å²) in [5.41, 5.74) is 4.28. The number of aromatic nitrogens is 1. The highest BCUT2D eigenvalue weighted by molar-refractivity contribution is 7.99. The highest BCUT2D eigenvalue weighted by Gasteiger charge is 2.35. The molecule has 1 saturated heterocycles. The fourth-order valence-electron chi connectivity index (χ4n) is 5.07. The van der Waals surface area contributed by atoms with E-state index in [1.807, 2.05) is 54.6 Å². The number of imide groups is 1. The van der Waals surface area contributed by atoms with Gasteiger partial charge >= 0.3 is 0 Å². The van der Waals surface area contributed by atoms with Crippen LogP contribution in [0.15, 0.2) is 102 Å². The Hall–Kier alpha value is -4.02. The summed E-state index contributed by atoms with van der Waals surface area (Å²) in [5.74, 6) is -0.0153. The smallest absolute Gasteiger partial charge is 0.261 e. The number of nitrogens with zero attached hydrogens (tertiary/aromatic N) is 2. The van der Waals surface area contributed by atoms with Crippen LogP contribution in [0.4, 0.5) is 0 Å². The number of hydrogen-bond acceptors (Lipinski definition) is 7. The number of aliphatic hydroxyl groups excluding tert-OH is 1. The van der Waals surface area contributed by atoms with Crippen LogP contribution in [0, 0.1) is 5.21 Å². The lowest BCUT2D eigenvalue weighted by atomic mass is 10.0. The molecule has 0 aliphatic carbocycles. The molecular weight excluding hydrogens is 540 g/mol. The molecule has 0 bridgehead atoms. The molecule has 208 valence electrons. The Kier molecular flexibility index (Phi) is 7.84. The molecule has 1 N–H and O–H groups in total. The predicted molar refractivity (Wildman–Crippen MR) is 152 cm³/mol. The Morgan fingerprint density at radius 3 is 2.12 bits per heavy atom. The van der Waals surface area contributed by atoms with E-state index in [4.69, 9.17) is 9.47 Å². The summed E-state index contributed by atoms with van der Waals surface area (Å²) < 4.78 is 13.6. The molecular formula is C32H28N2O6S. The second kappa shape index (κ2) is 11.8. The van der Waals surface area contributed by atoms with Crippen molar-refractivity contribution in [2.75, 3.05) is 5.75 Å². The van der Waals surface area contributed by atoms with E-state index in [0.29, 0.717) is 28.3 Å². The van der Waals surface area contributed by atoms with Crippen molar-refractivity contribution in [3.63, 3.8) is 0 Å². The van der Waals surface area contributed by atoms with Crippen molar-refractivity contribution in [3.05, 3.63) is 136 Å². The largest absolute Gasteiger partial charge is 0.618 e. The van der Waals surface area contributed by atoms with E-state index in [1.54, 1.807) is 36.4 Å². The summed E-state index contributed by atoms with van der Waals surface area (Å²) in [5, 5.41) is 22.2. The third-order valence-corrected chi connectivity index (χ3v) is 8.44. The maximum Gasteiger partial charge on any atom is 0.261 e. The molecule has 0 spiro atoms. The van der Waals surface area contributed by atoms with E-state index < -0.39 is 6.29 Å². The summed E-state index contributed by atoms with van der Waals surface area (Å²) in [6.07, 6.45) is 0.983. The van der Waals surface area contributed by atoms with E-state index in [9.17, 15) is 19.9 Å². The first kappa shape index (κ1) is 27.2. The fraction of sp³-hybridized carbons (Fsp3) is 0.219. The number of aliphatic hydroxyl groups is 1. The van der Waals surface area contributed by atoms with Gasteiger partial charge in [-0.25, -0.2) is 0 Å². The van der Waals surface area contributed by atoms with Crippen LogP contribution in [-0.2, 0) is 22.6 Å². The third-order valence-electron chi connectivity index (χ3n) is 7.29. The first-order valence-corrected chi connectivity index (χ1v) is 14.3. The van der Waals surface area contributed by atoms with Gasteiger partial charge in [-0.3, -0.25) is 14.5 Å². The average Bonchev–Trinajstić information content (AvgIpc) is 3.25. The van der Waals surface area contributed by atoms with Gasteiger partial charge in [0.25, 0.3) is 16.8 Å². The van der Waals surface area contributed by atoms with Crippen LogP contribution in [0.2, 0.25) is 0 Å². The van der Waals surface area contributed by atoms with E-state index >= 15 is 0 Å². The molecule has 3 unspecified atom stereocenters. The molecule has 0 radical (unpaired) electrons. The van der Waals surface area contributed by atoms with Crippen molar-refractivity contribution in [1.82, 2.24) is 4.90 Å². The molecule has 8 nitrogen and oxygen atoms in total. The lowest BCUT2D eigenvalue weighted by Crippen LogP contribution is -2.32. The number of carbonyl (C=O) groups excluding carboxylic acids is 2. The Balaban J connectivity index is 1.19. The first-order chi connectivity index (χ1) is 20.0. The molecule has 0 saturated carbocycles. The van der Waals surface area contributed by atoms with Gasteiger partial charge in [-0.1, -0.05) is 72.4 Å². The molecule has 2 aliphatic rings. The predicted octanol–water partition coefficient (Wildman–Crippen LogP) is 4.95. The summed E-state index contributed by atoms with van der Waals surface area (Å²) >= 11 is 1.44. The van der Waals surface area contributed by atoms with Crippen molar-refractivity contribution in [1.29, 1.82) is 0 Å². The molecule has 1 aromatic heterocycles. The number of carbonyl (C=O) groups is 2. The van der Waals surface area contributed by atoms with Gasteiger partial charge in [0.05, 0.1) is 36.5 Å². The lowest BCUT2D eigenvalue weighted by Gasteiger charge is -2.36. The lowest BCUT2D eigenvalue weighted by molar-refractivity contribution is -0.645. The van der Waals surface area contributed by atoms with Crippen LogP contribution >= 0.6 is 11.8 Å². The van der Waals surface area contributed by atoms with Gasteiger partial charge in [0.1, 0.15) is 0 Å². The summed E-state index contributed by atoms with van der Waals surface area (Å²) in [7, 11) is 0. The van der Waals surface area contributed by atoms with Gasteiger partial charge in [0.15, 0.2) is 12.5 Å². The third kappa shape index (κ3) is 5.75. The first-order valence-electron chi connectivity index (χ1n) is 13.4. The monoisotopic (exact) mass is 568 g/mol. The number of benzene rings is 3. The van der Waals surface area contributed by atoms with E-state index in [0.717, 1.165) is 27.0 Å². The van der Waals surface area contributed by atoms with Crippen molar-refractivity contribution in [2.45, 2.75) is 43.1 Å². The van der Waals surface area contributed by atoms with Crippen molar-refractivity contribution in [2.24, 2.45) is 0 Å². The number of rotatable bonds is 8. The maximum absolute atomic E-state index is 12.8. The van der Waals surface area contributed by atoms with Crippen LogP contribution in [0.1, 0.15) is 61.8 Å². The molecule has 1 fully saturated rings. The molecule has 3 atom stereocenters. The minimum atomic E-state index is -0.652. The van der Waals surface area contributed by atoms with Crippen LogP contribution in [0.25, 0.3) is 0 Å². The van der Waals surface area contributed by atoms with Gasteiger partial charge < -0.3 is 19.8 Å². The van der Waals surface area contributed by atoms with E-state index in [1.165, 1.54) is 22.9 Å². The maximum atomic E-state index is 12.8. The SMILES string of the molecule is O=C1c2ccccc2C(=O)N1Cc1ccc(C2OC(CSc3cccc[n+]3[O-])CC(c3ccc(CO)cc3)O2)cc1. The number of amides is 2. The normalized spacial score (nSPS) is 20.3. The molecule has 3 heterocycles. The van der Waals surface area contributed by atoms with Gasteiger partial charge in [0, 0.05) is 29.9 Å². The van der Waals surface area contributed by atoms with E-state index in [-0.39, 0.29) is 37.2 Å². The molecule has 6 rings (SSSR count). The summed E-state index contributed by atoms with van der Waals surface area (Å²) in [6, 6.07) is 27.4. The number of thioether (sulfide) groups is 1. The molecule has 2 amide bonds. The van der Waals surface area contributed by atoms with Gasteiger partial charge in [0.2, 0.25) is 0 Å². The minimum absolute atomic E-state index is 0.0316. The van der Waals surface area contributed by atoms with Gasteiger partial charge in [-0.2, -0.15) is 4.73 Å². The van der Waals surface area contributed by atoms with E-state index in [2.05, 4.69) is 0 Å². The molecule has 9 heteroatoms. The topological polar surface area (TPSA) is 103 Å². The molecule has 3 aromatic carbocycles. The Morgan fingerprint density at radius 2 is 1.46 bits per heavy atom. The Bertz CT molecular complexity index is 1520. The second-order valence-corrected chi connectivity index (χ2v) is 11.0. The standard InChI is InChI=1S/C32H28N2O6S/c35-19-22-10-12-23(13-11-22)28-17-25(20-41-29-7-3-4-16-34(29)38)39-32(40-28)24-14-8-21(9-15-24)18-33-30(36)26-5-1-2-6-27(26)31(33)37/h1-16,25,28,32,35H,17-20H2. The van der Waals surface area contributed by atoms with Gasteiger partial charge in [-0.05, 0) is 34.9 Å². The fourth-order valence-corrected chi connectivity index (χ4v) is 6.01. The zero-order valence-corrected chi connectivity index (χ0v) is 22.9. The van der Waals surface area contributed by atoms with Crippen molar-refractivity contribution < 1.29 is 28.9 Å². The van der Waals surface area contributed by atoms with Crippen LogP contribution < -0.4 is 4.73 Å². The average molecular weight is 569 g/mol. The number of ether oxygens (including phenoxy) is 2. The summed E-state index contributed by atoms with van der Waals surface area (Å²) in [6.45, 7) is 0.139. The molecule has 4 aromatic rings. The zero-order chi connectivity index (χ0) is 28.3. The number of hydrogen-bond donors (Lipinski definition) is 1. The number of fused-ring (bicyclic) bond motifs is 1. The Labute approximate surface area is 241 Å². The molecule has 41 heavy (non-hydrogen) atoms. The molecule has 2 aliphatic heterocycles. The highest BCUT2D eigenvalue weighted by atomic mass is 32.2. The zero-order valence-electron chi connectivity index (χ0n) is 22.1. The van der Waals surface area contributed by atoms with Crippen LogP contribution in [0.5, 0.6) is 0 Å². The Morgan fingerprint density at radius 1 is 0.829 bits per heavy atom. The second-order valence-electron chi connectivity index (χ2n) is 10.0. The van der Waals surface area contributed by atoms with Crippen molar-refractivity contribution >= 4 is 23.6 Å². The minimum Gasteiger partial charge on any atom is -0.618 e. The van der Waals surface area contributed by atoms with Crippen LogP contribution in [0.3, 0.4) is 0 Å². The quantitative estimate of drug-likeness (QED) is 0.139.